The zero-order chi connectivity index (χ0) is 14.4. The topological polar surface area (TPSA) is 42.2 Å². The van der Waals surface area contributed by atoms with Gasteiger partial charge in [0.2, 0.25) is 0 Å². The van der Waals surface area contributed by atoms with Crippen molar-refractivity contribution in [2.45, 2.75) is 26.4 Å². The SMILES string of the molecule is CCN(Cc1cccc(C)n1)C(CN)c1ccccc1. The highest BCUT2D eigenvalue weighted by Crippen LogP contribution is 2.21. The van der Waals surface area contributed by atoms with Crippen LogP contribution >= 0.6 is 0 Å². The Morgan fingerprint density at radius 1 is 1.10 bits per heavy atom. The summed E-state index contributed by atoms with van der Waals surface area (Å²) < 4.78 is 0. The molecule has 0 aliphatic rings. The Bertz CT molecular complexity index is 525. The van der Waals surface area contributed by atoms with Crippen LogP contribution < -0.4 is 5.73 Å². The Balaban J connectivity index is 2.18. The van der Waals surface area contributed by atoms with Crippen LogP contribution in [-0.4, -0.2) is 23.0 Å². The molecular weight excluding hydrogens is 246 g/mol. The molecule has 3 heteroatoms. The van der Waals surface area contributed by atoms with Gasteiger partial charge in [-0.25, -0.2) is 0 Å². The van der Waals surface area contributed by atoms with E-state index >= 15 is 0 Å². The molecule has 0 aliphatic carbocycles. The molecule has 0 fully saturated rings. The zero-order valence-electron chi connectivity index (χ0n) is 12.3. The van der Waals surface area contributed by atoms with Gasteiger partial charge in [0.05, 0.1) is 5.69 Å². The van der Waals surface area contributed by atoms with E-state index < -0.39 is 0 Å². The fourth-order valence-electron chi connectivity index (χ4n) is 2.51. The number of nitrogens with zero attached hydrogens (tertiary/aromatic N) is 2. The van der Waals surface area contributed by atoms with Crippen LogP contribution in [0, 0.1) is 6.92 Å². The lowest BCUT2D eigenvalue weighted by Gasteiger charge is -2.30. The lowest BCUT2D eigenvalue weighted by atomic mass is 10.1. The third-order valence-electron chi connectivity index (χ3n) is 3.57. The second-order valence-electron chi connectivity index (χ2n) is 5.00. The van der Waals surface area contributed by atoms with Crippen molar-refractivity contribution in [3.8, 4) is 0 Å². The van der Waals surface area contributed by atoms with Crippen molar-refractivity contribution in [2.24, 2.45) is 5.73 Å². The van der Waals surface area contributed by atoms with Crippen LogP contribution in [0.15, 0.2) is 48.5 Å². The third-order valence-corrected chi connectivity index (χ3v) is 3.57. The molecule has 0 amide bonds. The van der Waals surface area contributed by atoms with Gasteiger partial charge in [0.15, 0.2) is 0 Å². The van der Waals surface area contributed by atoms with E-state index in [0.29, 0.717) is 6.54 Å². The summed E-state index contributed by atoms with van der Waals surface area (Å²) in [5, 5.41) is 0. The van der Waals surface area contributed by atoms with E-state index in [-0.39, 0.29) is 6.04 Å². The van der Waals surface area contributed by atoms with Crippen LogP contribution in [0.1, 0.15) is 29.9 Å². The maximum absolute atomic E-state index is 6.00. The number of rotatable bonds is 6. The number of hydrogen-bond donors (Lipinski definition) is 1. The Morgan fingerprint density at radius 2 is 1.85 bits per heavy atom. The number of nitrogens with two attached hydrogens (primary N) is 1. The minimum Gasteiger partial charge on any atom is -0.329 e. The maximum atomic E-state index is 6.00. The molecule has 106 valence electrons. The predicted octanol–water partition coefficient (Wildman–Crippen LogP) is 2.91. The number of aryl methyl sites for hydroxylation is 1. The quantitative estimate of drug-likeness (QED) is 0.876. The molecule has 0 spiro atoms. The molecule has 3 nitrogen and oxygen atoms in total. The zero-order valence-corrected chi connectivity index (χ0v) is 12.3. The van der Waals surface area contributed by atoms with Gasteiger partial charge in [-0.1, -0.05) is 43.3 Å². The van der Waals surface area contributed by atoms with Gasteiger partial charge >= 0.3 is 0 Å². The van der Waals surface area contributed by atoms with Gasteiger partial charge in [0.1, 0.15) is 0 Å². The van der Waals surface area contributed by atoms with E-state index in [1.807, 2.05) is 19.1 Å². The smallest absolute Gasteiger partial charge is 0.0547 e. The molecule has 20 heavy (non-hydrogen) atoms. The molecule has 1 atom stereocenters. The average Bonchev–Trinajstić information content (AvgIpc) is 2.48. The highest BCUT2D eigenvalue weighted by molar-refractivity contribution is 5.20. The van der Waals surface area contributed by atoms with Crippen molar-refractivity contribution in [3.05, 3.63) is 65.5 Å². The van der Waals surface area contributed by atoms with E-state index in [0.717, 1.165) is 24.5 Å². The fourth-order valence-corrected chi connectivity index (χ4v) is 2.51. The summed E-state index contributed by atoms with van der Waals surface area (Å²) in [6, 6.07) is 16.9. The molecule has 1 aromatic carbocycles. The van der Waals surface area contributed by atoms with Gasteiger partial charge in [0, 0.05) is 24.8 Å². The van der Waals surface area contributed by atoms with E-state index in [9.17, 15) is 0 Å². The molecule has 1 unspecified atom stereocenters. The highest BCUT2D eigenvalue weighted by atomic mass is 15.2. The van der Waals surface area contributed by atoms with Crippen LogP contribution in [0.25, 0.3) is 0 Å². The molecule has 1 aromatic heterocycles. The van der Waals surface area contributed by atoms with Crippen LogP contribution in [0.5, 0.6) is 0 Å². The molecule has 0 radical (unpaired) electrons. The number of aromatic nitrogens is 1. The largest absolute Gasteiger partial charge is 0.329 e. The van der Waals surface area contributed by atoms with Crippen molar-refractivity contribution < 1.29 is 0 Å². The van der Waals surface area contributed by atoms with Crippen molar-refractivity contribution in [3.63, 3.8) is 0 Å². The Kier molecular flexibility index (Phi) is 5.27. The first-order valence-electron chi connectivity index (χ1n) is 7.16. The number of hydrogen-bond acceptors (Lipinski definition) is 3. The highest BCUT2D eigenvalue weighted by Gasteiger charge is 2.18. The van der Waals surface area contributed by atoms with E-state index in [2.05, 4.69) is 53.2 Å². The van der Waals surface area contributed by atoms with Gasteiger partial charge in [0.25, 0.3) is 0 Å². The minimum absolute atomic E-state index is 0.239. The van der Waals surface area contributed by atoms with Crippen LogP contribution in [0.3, 0.4) is 0 Å². The summed E-state index contributed by atoms with van der Waals surface area (Å²) >= 11 is 0. The maximum Gasteiger partial charge on any atom is 0.0547 e. The molecule has 2 aromatic rings. The molecule has 1 heterocycles. The summed E-state index contributed by atoms with van der Waals surface area (Å²) in [6.45, 7) is 6.59. The molecule has 0 saturated heterocycles. The lowest BCUT2D eigenvalue weighted by Crippen LogP contribution is -2.33. The lowest BCUT2D eigenvalue weighted by molar-refractivity contribution is 0.201. The Hall–Kier alpha value is -1.71. The normalized spacial score (nSPS) is 12.6. The monoisotopic (exact) mass is 269 g/mol. The van der Waals surface area contributed by atoms with Crippen molar-refractivity contribution in [1.82, 2.24) is 9.88 Å². The summed E-state index contributed by atoms with van der Waals surface area (Å²) in [5.41, 5.74) is 9.43. The van der Waals surface area contributed by atoms with Crippen molar-refractivity contribution in [2.75, 3.05) is 13.1 Å². The molecular formula is C17H23N3. The first-order valence-corrected chi connectivity index (χ1v) is 7.16. The minimum atomic E-state index is 0.239. The summed E-state index contributed by atoms with van der Waals surface area (Å²) in [5.74, 6) is 0. The molecule has 0 saturated carbocycles. The van der Waals surface area contributed by atoms with Gasteiger partial charge in [-0.3, -0.25) is 9.88 Å². The van der Waals surface area contributed by atoms with Crippen LogP contribution in [0.2, 0.25) is 0 Å². The van der Waals surface area contributed by atoms with Crippen molar-refractivity contribution in [1.29, 1.82) is 0 Å². The average molecular weight is 269 g/mol. The fraction of sp³-hybridized carbons (Fsp3) is 0.353. The van der Waals surface area contributed by atoms with E-state index in [4.69, 9.17) is 5.73 Å². The Labute approximate surface area is 121 Å². The first kappa shape index (κ1) is 14.7. The molecule has 2 rings (SSSR count). The summed E-state index contributed by atoms with van der Waals surface area (Å²) in [6.07, 6.45) is 0. The Morgan fingerprint density at radius 3 is 2.45 bits per heavy atom. The molecule has 0 aliphatic heterocycles. The van der Waals surface area contributed by atoms with Gasteiger partial charge in [-0.15, -0.1) is 0 Å². The summed E-state index contributed by atoms with van der Waals surface area (Å²) in [4.78, 5) is 6.96. The van der Waals surface area contributed by atoms with Gasteiger partial charge in [-0.2, -0.15) is 0 Å². The molecule has 2 N–H and O–H groups in total. The predicted molar refractivity (Wildman–Crippen MR) is 83.3 cm³/mol. The second kappa shape index (κ2) is 7.17. The second-order valence-corrected chi connectivity index (χ2v) is 5.00. The van der Waals surface area contributed by atoms with Crippen LogP contribution in [-0.2, 0) is 6.54 Å². The number of benzene rings is 1. The first-order chi connectivity index (χ1) is 9.74. The standard InChI is InChI=1S/C17H23N3/c1-3-20(13-16-11-7-8-14(2)19-16)17(12-18)15-9-5-4-6-10-15/h4-11,17H,3,12-13,18H2,1-2H3. The van der Waals surface area contributed by atoms with Crippen molar-refractivity contribution >= 4 is 0 Å². The van der Waals surface area contributed by atoms with Crippen LogP contribution in [0.4, 0.5) is 0 Å². The summed E-state index contributed by atoms with van der Waals surface area (Å²) in [7, 11) is 0. The van der Waals surface area contributed by atoms with Gasteiger partial charge < -0.3 is 5.73 Å². The number of likely N-dealkylation sites (N-methyl/N-ethyl adjacent to an activating group) is 1. The number of pyridine rings is 1. The van der Waals surface area contributed by atoms with E-state index in [1.54, 1.807) is 0 Å². The molecule has 0 bridgehead atoms. The van der Waals surface area contributed by atoms with Gasteiger partial charge in [-0.05, 0) is 31.2 Å². The third kappa shape index (κ3) is 3.65. The van der Waals surface area contributed by atoms with E-state index in [1.165, 1.54) is 5.56 Å².